The molecule has 0 amide bonds. The van der Waals surface area contributed by atoms with E-state index in [9.17, 15) is 4.39 Å². The Morgan fingerprint density at radius 3 is 2.90 bits per heavy atom. The molecule has 1 N–H and O–H groups in total. The molecular formula is C5H5BFNO2. The van der Waals surface area contributed by atoms with Gasteiger partial charge < -0.3 is 9.68 Å². The fourth-order valence-electron chi connectivity index (χ4n) is 0.514. The van der Waals surface area contributed by atoms with Crippen LogP contribution in [0.2, 0.25) is 0 Å². The zero-order valence-electron chi connectivity index (χ0n) is 5.12. The molecule has 0 bridgehead atoms. The zero-order chi connectivity index (χ0) is 7.40. The number of halogens is 1. The molecule has 0 spiro atoms. The summed E-state index contributed by atoms with van der Waals surface area (Å²) in [6, 6.07) is 2.55. The first-order valence-electron chi connectivity index (χ1n) is 2.68. The standard InChI is InChI=1S/C5H5BFNO2/c7-4-1-2-5(8-3-4)10-6-9/h1-3,6,9H. The van der Waals surface area contributed by atoms with Gasteiger partial charge in [0.1, 0.15) is 5.82 Å². The van der Waals surface area contributed by atoms with E-state index in [2.05, 4.69) is 9.64 Å². The van der Waals surface area contributed by atoms with Gasteiger partial charge in [-0.1, -0.05) is 0 Å². The molecule has 0 saturated carbocycles. The van der Waals surface area contributed by atoms with Gasteiger partial charge >= 0.3 is 7.69 Å². The number of hydrogen-bond acceptors (Lipinski definition) is 3. The first kappa shape index (κ1) is 7.02. The highest BCUT2D eigenvalue weighted by Gasteiger charge is 1.93. The molecule has 0 aliphatic heterocycles. The highest BCUT2D eigenvalue weighted by atomic mass is 19.1. The van der Waals surface area contributed by atoms with Gasteiger partial charge in [0, 0.05) is 6.07 Å². The fraction of sp³-hybridized carbons (Fsp3) is 0. The summed E-state index contributed by atoms with van der Waals surface area (Å²) in [6.07, 6.45) is 1.02. The average molecular weight is 141 g/mol. The number of pyridine rings is 1. The third kappa shape index (κ3) is 1.70. The minimum atomic E-state index is -0.446. The van der Waals surface area contributed by atoms with E-state index in [1.54, 1.807) is 0 Å². The van der Waals surface area contributed by atoms with Crippen molar-refractivity contribution < 1.29 is 14.1 Å². The minimum Gasteiger partial charge on any atom is -0.525 e. The molecule has 0 fully saturated rings. The van der Waals surface area contributed by atoms with Crippen LogP contribution < -0.4 is 4.65 Å². The Hall–Kier alpha value is -1.10. The molecule has 0 aliphatic carbocycles. The van der Waals surface area contributed by atoms with Gasteiger partial charge in [0.2, 0.25) is 0 Å². The van der Waals surface area contributed by atoms with E-state index in [1.807, 2.05) is 0 Å². The van der Waals surface area contributed by atoms with Crippen LogP contribution in [0.3, 0.4) is 0 Å². The van der Waals surface area contributed by atoms with Crippen molar-refractivity contribution in [2.75, 3.05) is 0 Å². The van der Waals surface area contributed by atoms with Crippen molar-refractivity contribution in [2.24, 2.45) is 0 Å². The molecule has 0 saturated heterocycles. The van der Waals surface area contributed by atoms with Gasteiger partial charge in [-0.25, -0.2) is 9.37 Å². The normalized spacial score (nSPS) is 9.00. The smallest absolute Gasteiger partial charge is 0.505 e. The van der Waals surface area contributed by atoms with Crippen LogP contribution in [0, 0.1) is 5.82 Å². The van der Waals surface area contributed by atoms with E-state index in [-0.39, 0.29) is 5.88 Å². The molecule has 0 unspecified atom stereocenters. The third-order valence-corrected chi connectivity index (χ3v) is 0.913. The van der Waals surface area contributed by atoms with Crippen molar-refractivity contribution in [1.82, 2.24) is 4.98 Å². The van der Waals surface area contributed by atoms with Crippen LogP contribution in [0.15, 0.2) is 18.3 Å². The second-order valence-electron chi connectivity index (χ2n) is 1.59. The molecule has 52 valence electrons. The van der Waals surface area contributed by atoms with E-state index in [1.165, 1.54) is 12.1 Å². The quantitative estimate of drug-likeness (QED) is 0.582. The molecule has 0 aromatic carbocycles. The number of rotatable bonds is 2. The first-order valence-corrected chi connectivity index (χ1v) is 2.68. The number of hydrogen-bond donors (Lipinski definition) is 1. The third-order valence-electron chi connectivity index (χ3n) is 0.913. The topological polar surface area (TPSA) is 42.4 Å². The summed E-state index contributed by atoms with van der Waals surface area (Å²) in [5.41, 5.74) is 0. The summed E-state index contributed by atoms with van der Waals surface area (Å²) in [4.78, 5) is 3.51. The lowest BCUT2D eigenvalue weighted by Crippen LogP contribution is -2.01. The maximum atomic E-state index is 12.1. The van der Waals surface area contributed by atoms with Gasteiger partial charge in [0.05, 0.1) is 6.20 Å². The Morgan fingerprint density at radius 2 is 2.40 bits per heavy atom. The highest BCUT2D eigenvalue weighted by Crippen LogP contribution is 2.04. The van der Waals surface area contributed by atoms with E-state index in [0.717, 1.165) is 6.20 Å². The van der Waals surface area contributed by atoms with Crippen LogP contribution >= 0.6 is 0 Å². The van der Waals surface area contributed by atoms with Gasteiger partial charge in [0.15, 0.2) is 5.88 Å². The van der Waals surface area contributed by atoms with Crippen LogP contribution in [0.1, 0.15) is 0 Å². The molecule has 1 aromatic heterocycles. The van der Waals surface area contributed by atoms with Crippen molar-refractivity contribution in [3.63, 3.8) is 0 Å². The molecule has 3 nitrogen and oxygen atoms in total. The van der Waals surface area contributed by atoms with E-state index in [4.69, 9.17) is 5.02 Å². The van der Waals surface area contributed by atoms with Gasteiger partial charge in [-0.2, -0.15) is 0 Å². The van der Waals surface area contributed by atoms with Crippen LogP contribution in [0.5, 0.6) is 5.88 Å². The highest BCUT2D eigenvalue weighted by molar-refractivity contribution is 6.17. The summed E-state index contributed by atoms with van der Waals surface area (Å²) < 4.78 is 16.7. The van der Waals surface area contributed by atoms with Gasteiger partial charge in [-0.15, -0.1) is 0 Å². The first-order chi connectivity index (χ1) is 4.83. The monoisotopic (exact) mass is 141 g/mol. The molecule has 5 heteroatoms. The fourth-order valence-corrected chi connectivity index (χ4v) is 0.514. The summed E-state index contributed by atoms with van der Waals surface area (Å²) in [7, 11) is -0.446. The predicted octanol–water partition coefficient (Wildman–Crippen LogP) is -0.142. The van der Waals surface area contributed by atoms with Gasteiger partial charge in [-0.3, -0.25) is 0 Å². The number of nitrogens with zero attached hydrogens (tertiary/aromatic N) is 1. The van der Waals surface area contributed by atoms with Crippen molar-refractivity contribution in [1.29, 1.82) is 0 Å². The van der Waals surface area contributed by atoms with Gasteiger partial charge in [0.25, 0.3) is 0 Å². The van der Waals surface area contributed by atoms with Crippen molar-refractivity contribution >= 4 is 7.69 Å². The van der Waals surface area contributed by atoms with Crippen molar-refractivity contribution in [3.8, 4) is 5.88 Å². The van der Waals surface area contributed by atoms with E-state index in [0.29, 0.717) is 0 Å². The molecule has 0 atom stereocenters. The molecular weight excluding hydrogens is 136 g/mol. The summed E-state index contributed by atoms with van der Waals surface area (Å²) in [5.74, 6) is -0.214. The summed E-state index contributed by atoms with van der Waals surface area (Å²) in [5, 5.41) is 8.23. The number of aromatic nitrogens is 1. The van der Waals surface area contributed by atoms with Crippen LogP contribution in [0.25, 0.3) is 0 Å². The predicted molar refractivity (Wildman–Crippen MR) is 34.2 cm³/mol. The lowest BCUT2D eigenvalue weighted by molar-refractivity contribution is 0.441. The van der Waals surface area contributed by atoms with Crippen LogP contribution in [-0.4, -0.2) is 17.7 Å². The maximum Gasteiger partial charge on any atom is 0.505 e. The Morgan fingerprint density at radius 1 is 1.60 bits per heavy atom. The van der Waals surface area contributed by atoms with E-state index >= 15 is 0 Å². The van der Waals surface area contributed by atoms with Gasteiger partial charge in [-0.05, 0) is 6.07 Å². The lowest BCUT2D eigenvalue weighted by Gasteiger charge is -1.97. The Balaban J connectivity index is 2.69. The van der Waals surface area contributed by atoms with Crippen LogP contribution in [-0.2, 0) is 0 Å². The average Bonchev–Trinajstić information content (AvgIpc) is 1.95. The van der Waals surface area contributed by atoms with Crippen molar-refractivity contribution in [3.05, 3.63) is 24.1 Å². The molecule has 1 rings (SSSR count). The SMILES string of the molecule is OBOc1ccc(F)cn1. The molecule has 0 radical (unpaired) electrons. The Labute approximate surface area is 57.8 Å². The van der Waals surface area contributed by atoms with E-state index < -0.39 is 13.5 Å². The second-order valence-corrected chi connectivity index (χ2v) is 1.59. The molecule has 0 aliphatic rings. The zero-order valence-corrected chi connectivity index (χ0v) is 5.12. The molecule has 10 heavy (non-hydrogen) atoms. The lowest BCUT2D eigenvalue weighted by atomic mass is 10.4. The largest absolute Gasteiger partial charge is 0.525 e. The molecule has 1 heterocycles. The second kappa shape index (κ2) is 3.17. The van der Waals surface area contributed by atoms with Crippen molar-refractivity contribution in [2.45, 2.75) is 0 Å². The summed E-state index contributed by atoms with van der Waals surface area (Å²) >= 11 is 0. The van der Waals surface area contributed by atoms with Crippen LogP contribution in [0.4, 0.5) is 4.39 Å². The maximum absolute atomic E-state index is 12.1. The minimum absolute atomic E-state index is 0.212. The molecule has 1 aromatic rings. The summed E-state index contributed by atoms with van der Waals surface area (Å²) in [6.45, 7) is 0. The Bertz CT molecular complexity index is 203. The Kier molecular flexibility index (Phi) is 2.22.